The number of pyridine rings is 1. The van der Waals surface area contributed by atoms with Gasteiger partial charge in [0.2, 0.25) is 0 Å². The number of fused-ring (bicyclic) bond motifs is 1. The van der Waals surface area contributed by atoms with Gasteiger partial charge in [-0.25, -0.2) is 4.98 Å². The summed E-state index contributed by atoms with van der Waals surface area (Å²) in [5, 5.41) is 1.22. The van der Waals surface area contributed by atoms with E-state index in [9.17, 15) is 0 Å². The molecule has 0 unspecified atom stereocenters. The Labute approximate surface area is 90.6 Å². The van der Waals surface area contributed by atoms with Crippen LogP contribution in [0.1, 0.15) is 12.5 Å². The van der Waals surface area contributed by atoms with Crippen LogP contribution in [0.3, 0.4) is 0 Å². The maximum atomic E-state index is 4.67. The average molecular weight is 200 g/mol. The molecule has 2 nitrogen and oxygen atoms in total. The minimum Gasteiger partial charge on any atom is -0.362 e. The Morgan fingerprint density at radius 2 is 1.93 bits per heavy atom. The SMILES string of the molecule is CCc1cc2ccccc2nc1N(C)C. The first-order valence-corrected chi connectivity index (χ1v) is 5.28. The molecule has 0 saturated carbocycles. The first-order chi connectivity index (χ1) is 7.22. The van der Waals surface area contributed by atoms with Crippen molar-refractivity contribution in [3.8, 4) is 0 Å². The second-order valence-corrected chi connectivity index (χ2v) is 3.91. The molecule has 78 valence electrons. The third kappa shape index (κ3) is 1.80. The number of aromatic nitrogens is 1. The second-order valence-electron chi connectivity index (χ2n) is 3.91. The van der Waals surface area contributed by atoms with Gasteiger partial charge in [0, 0.05) is 19.5 Å². The molecule has 2 aromatic rings. The van der Waals surface area contributed by atoms with E-state index in [4.69, 9.17) is 0 Å². The summed E-state index contributed by atoms with van der Waals surface area (Å²) in [4.78, 5) is 6.75. The van der Waals surface area contributed by atoms with Gasteiger partial charge in [-0.15, -0.1) is 0 Å². The highest BCUT2D eigenvalue weighted by Gasteiger charge is 2.06. The molecule has 1 aromatic carbocycles. The molecular weight excluding hydrogens is 184 g/mol. The molecule has 0 saturated heterocycles. The number of hydrogen-bond acceptors (Lipinski definition) is 2. The van der Waals surface area contributed by atoms with Crippen LogP contribution in [0, 0.1) is 0 Å². The van der Waals surface area contributed by atoms with E-state index in [0.29, 0.717) is 0 Å². The van der Waals surface area contributed by atoms with Crippen LogP contribution < -0.4 is 4.90 Å². The molecule has 2 heteroatoms. The fraction of sp³-hybridized carbons (Fsp3) is 0.308. The molecule has 0 atom stereocenters. The zero-order valence-electron chi connectivity index (χ0n) is 9.49. The van der Waals surface area contributed by atoms with Crippen molar-refractivity contribution in [2.24, 2.45) is 0 Å². The number of anilines is 1. The van der Waals surface area contributed by atoms with Gasteiger partial charge in [0.25, 0.3) is 0 Å². The summed E-state index contributed by atoms with van der Waals surface area (Å²) in [6.07, 6.45) is 1.02. The Kier molecular flexibility index (Phi) is 2.58. The van der Waals surface area contributed by atoms with Crippen LogP contribution in [0.25, 0.3) is 10.9 Å². The Morgan fingerprint density at radius 1 is 1.20 bits per heavy atom. The predicted octanol–water partition coefficient (Wildman–Crippen LogP) is 2.86. The van der Waals surface area contributed by atoms with Gasteiger partial charge in [-0.1, -0.05) is 25.1 Å². The predicted molar refractivity (Wildman–Crippen MR) is 65.4 cm³/mol. The van der Waals surface area contributed by atoms with E-state index >= 15 is 0 Å². The number of rotatable bonds is 2. The third-order valence-corrected chi connectivity index (χ3v) is 2.58. The fourth-order valence-corrected chi connectivity index (χ4v) is 1.80. The molecule has 0 aliphatic rings. The molecule has 0 aliphatic carbocycles. The van der Waals surface area contributed by atoms with Crippen LogP contribution in [0.2, 0.25) is 0 Å². The first kappa shape index (κ1) is 9.97. The van der Waals surface area contributed by atoms with E-state index in [0.717, 1.165) is 17.8 Å². The summed E-state index contributed by atoms with van der Waals surface area (Å²) in [5.41, 5.74) is 2.37. The van der Waals surface area contributed by atoms with Gasteiger partial charge < -0.3 is 4.90 Å². The van der Waals surface area contributed by atoms with Crippen molar-refractivity contribution in [2.75, 3.05) is 19.0 Å². The summed E-state index contributed by atoms with van der Waals surface area (Å²) >= 11 is 0. The van der Waals surface area contributed by atoms with Crippen molar-refractivity contribution in [1.82, 2.24) is 4.98 Å². The van der Waals surface area contributed by atoms with E-state index < -0.39 is 0 Å². The minimum atomic E-state index is 1.02. The molecule has 0 bridgehead atoms. The molecule has 2 rings (SSSR count). The summed E-state index contributed by atoms with van der Waals surface area (Å²) < 4.78 is 0. The van der Waals surface area contributed by atoms with Crippen molar-refractivity contribution in [3.05, 3.63) is 35.9 Å². The highest BCUT2D eigenvalue weighted by Crippen LogP contribution is 2.22. The Morgan fingerprint density at radius 3 is 2.60 bits per heavy atom. The highest BCUT2D eigenvalue weighted by molar-refractivity contribution is 5.81. The molecule has 0 aliphatic heterocycles. The van der Waals surface area contributed by atoms with Gasteiger partial charge in [0.15, 0.2) is 0 Å². The minimum absolute atomic E-state index is 1.02. The Balaban J connectivity index is 2.69. The smallest absolute Gasteiger partial charge is 0.131 e. The van der Waals surface area contributed by atoms with Crippen LogP contribution in [0.15, 0.2) is 30.3 Å². The van der Waals surface area contributed by atoms with E-state index in [2.05, 4.69) is 41.1 Å². The molecule has 1 aromatic heterocycles. The number of nitrogens with zero attached hydrogens (tertiary/aromatic N) is 2. The number of aryl methyl sites for hydroxylation is 1. The van der Waals surface area contributed by atoms with Gasteiger partial charge in [-0.05, 0) is 24.1 Å². The lowest BCUT2D eigenvalue weighted by atomic mass is 10.1. The number of hydrogen-bond donors (Lipinski definition) is 0. The van der Waals surface area contributed by atoms with Crippen molar-refractivity contribution < 1.29 is 0 Å². The summed E-state index contributed by atoms with van der Waals surface area (Å²) in [6, 6.07) is 10.5. The van der Waals surface area contributed by atoms with Gasteiger partial charge in [0.1, 0.15) is 5.82 Å². The van der Waals surface area contributed by atoms with Crippen LogP contribution in [-0.2, 0) is 6.42 Å². The molecule has 1 heterocycles. The van der Waals surface area contributed by atoms with Crippen molar-refractivity contribution in [1.29, 1.82) is 0 Å². The molecular formula is C13H16N2. The van der Waals surface area contributed by atoms with Crippen LogP contribution >= 0.6 is 0 Å². The van der Waals surface area contributed by atoms with Gasteiger partial charge >= 0.3 is 0 Å². The standard InChI is InChI=1S/C13H16N2/c1-4-10-9-11-7-5-6-8-12(11)14-13(10)15(2)3/h5-9H,4H2,1-3H3. The maximum absolute atomic E-state index is 4.67. The van der Waals surface area contributed by atoms with E-state index in [1.54, 1.807) is 0 Å². The lowest BCUT2D eigenvalue weighted by molar-refractivity contribution is 1.02. The molecule has 0 spiro atoms. The first-order valence-electron chi connectivity index (χ1n) is 5.28. The number of benzene rings is 1. The lowest BCUT2D eigenvalue weighted by Crippen LogP contribution is -2.13. The van der Waals surface area contributed by atoms with Gasteiger partial charge in [-0.3, -0.25) is 0 Å². The maximum Gasteiger partial charge on any atom is 0.131 e. The molecule has 0 radical (unpaired) electrons. The summed E-state index contributed by atoms with van der Waals surface area (Å²) in [7, 11) is 4.08. The molecule has 0 amide bonds. The van der Waals surface area contributed by atoms with E-state index in [-0.39, 0.29) is 0 Å². The summed E-state index contributed by atoms with van der Waals surface area (Å²) in [5.74, 6) is 1.08. The molecule has 0 N–H and O–H groups in total. The van der Waals surface area contributed by atoms with Gasteiger partial charge in [-0.2, -0.15) is 0 Å². The lowest BCUT2D eigenvalue weighted by Gasteiger charge is -2.16. The zero-order chi connectivity index (χ0) is 10.8. The highest BCUT2D eigenvalue weighted by atomic mass is 15.1. The topological polar surface area (TPSA) is 16.1 Å². The zero-order valence-corrected chi connectivity index (χ0v) is 9.49. The Hall–Kier alpha value is -1.57. The fourth-order valence-electron chi connectivity index (χ4n) is 1.80. The third-order valence-electron chi connectivity index (χ3n) is 2.58. The van der Waals surface area contributed by atoms with E-state index in [1.807, 2.05) is 20.2 Å². The van der Waals surface area contributed by atoms with Crippen LogP contribution in [0.5, 0.6) is 0 Å². The normalized spacial score (nSPS) is 10.6. The Bertz CT molecular complexity index is 475. The quantitative estimate of drug-likeness (QED) is 0.741. The van der Waals surface area contributed by atoms with Crippen molar-refractivity contribution >= 4 is 16.7 Å². The van der Waals surface area contributed by atoms with Crippen LogP contribution in [-0.4, -0.2) is 19.1 Å². The summed E-state index contributed by atoms with van der Waals surface area (Å²) in [6.45, 7) is 2.17. The van der Waals surface area contributed by atoms with Gasteiger partial charge in [0.05, 0.1) is 5.52 Å². The van der Waals surface area contributed by atoms with E-state index in [1.165, 1.54) is 10.9 Å². The van der Waals surface area contributed by atoms with Crippen molar-refractivity contribution in [3.63, 3.8) is 0 Å². The monoisotopic (exact) mass is 200 g/mol. The van der Waals surface area contributed by atoms with Crippen molar-refractivity contribution in [2.45, 2.75) is 13.3 Å². The average Bonchev–Trinajstić information content (AvgIpc) is 2.27. The second kappa shape index (κ2) is 3.89. The molecule has 15 heavy (non-hydrogen) atoms. The van der Waals surface area contributed by atoms with Crippen LogP contribution in [0.4, 0.5) is 5.82 Å². The largest absolute Gasteiger partial charge is 0.362 e. The molecule has 0 fully saturated rings. The number of para-hydroxylation sites is 1.